The number of nitrogens with zero attached hydrogens (tertiary/aromatic N) is 3. The summed E-state index contributed by atoms with van der Waals surface area (Å²) >= 11 is 1.57. The number of rotatable bonds is 4. The topological polar surface area (TPSA) is 91.0 Å². The molecule has 1 unspecified atom stereocenters. The first-order chi connectivity index (χ1) is 9.63. The van der Waals surface area contributed by atoms with Gasteiger partial charge in [0, 0.05) is 11.3 Å². The average molecular weight is 295 g/mol. The zero-order valence-corrected chi connectivity index (χ0v) is 12.2. The molecule has 0 radical (unpaired) electrons. The van der Waals surface area contributed by atoms with Crippen molar-refractivity contribution in [2.75, 3.05) is 16.9 Å². The number of carbonyl (C=O) groups excluding carboxylic acids is 2. The van der Waals surface area contributed by atoms with E-state index < -0.39 is 6.04 Å². The van der Waals surface area contributed by atoms with Crippen molar-refractivity contribution >= 4 is 29.5 Å². The van der Waals surface area contributed by atoms with Gasteiger partial charge in [0.15, 0.2) is 0 Å². The van der Waals surface area contributed by atoms with Gasteiger partial charge in [0.2, 0.25) is 11.9 Å². The summed E-state index contributed by atoms with van der Waals surface area (Å²) in [5, 5.41) is 8.85. The third-order valence-electron chi connectivity index (χ3n) is 2.95. The van der Waals surface area contributed by atoms with Gasteiger partial charge in [-0.2, -0.15) is 10.1 Å². The van der Waals surface area contributed by atoms with Crippen LogP contribution in [0.25, 0.3) is 0 Å². The van der Waals surface area contributed by atoms with Crippen molar-refractivity contribution in [3.8, 4) is 0 Å². The Labute approximate surface area is 121 Å². The molecule has 1 atom stereocenters. The van der Waals surface area contributed by atoms with E-state index in [1.165, 1.54) is 6.33 Å². The van der Waals surface area contributed by atoms with Gasteiger partial charge in [-0.15, -0.1) is 11.8 Å². The summed E-state index contributed by atoms with van der Waals surface area (Å²) in [6.45, 7) is 3.75. The molecule has 20 heavy (non-hydrogen) atoms. The molecule has 0 saturated carbocycles. The predicted molar refractivity (Wildman–Crippen MR) is 77.0 cm³/mol. The maximum absolute atomic E-state index is 12.3. The van der Waals surface area contributed by atoms with Gasteiger partial charge in [-0.3, -0.25) is 14.9 Å². The van der Waals surface area contributed by atoms with Gasteiger partial charge in [-0.1, -0.05) is 13.0 Å². The van der Waals surface area contributed by atoms with Crippen LogP contribution >= 0.6 is 11.8 Å². The Morgan fingerprint density at radius 2 is 2.45 bits per heavy atom. The quantitative estimate of drug-likeness (QED) is 0.809. The molecule has 2 N–H and O–H groups in total. The molecule has 2 rings (SSSR count). The van der Waals surface area contributed by atoms with Crippen molar-refractivity contribution in [2.24, 2.45) is 0 Å². The second kappa shape index (κ2) is 6.56. The van der Waals surface area contributed by atoms with Crippen LogP contribution in [0.1, 0.15) is 20.3 Å². The Balaban J connectivity index is 2.05. The summed E-state index contributed by atoms with van der Waals surface area (Å²) in [5.74, 6) is 1.08. The number of thioether (sulfide) groups is 1. The van der Waals surface area contributed by atoms with Gasteiger partial charge < -0.3 is 4.90 Å². The third kappa shape index (κ3) is 3.19. The van der Waals surface area contributed by atoms with E-state index in [2.05, 4.69) is 20.5 Å². The van der Waals surface area contributed by atoms with Crippen LogP contribution in [0.15, 0.2) is 18.0 Å². The fourth-order valence-electron chi connectivity index (χ4n) is 1.95. The van der Waals surface area contributed by atoms with Gasteiger partial charge in [-0.25, -0.2) is 5.10 Å². The molecule has 1 fully saturated rings. The van der Waals surface area contributed by atoms with E-state index in [9.17, 15) is 9.59 Å². The Kier molecular flexibility index (Phi) is 4.78. The number of anilines is 1. The number of aromatic amines is 1. The minimum Gasteiger partial charge on any atom is -0.317 e. The summed E-state index contributed by atoms with van der Waals surface area (Å²) < 4.78 is 0. The lowest BCUT2D eigenvalue weighted by atomic mass is 10.2. The fraction of sp³-hybridized carbons (Fsp3) is 0.500. The number of nitrogens with one attached hydrogen (secondary N) is 2. The first-order valence-electron chi connectivity index (χ1n) is 6.35. The molecule has 1 saturated heterocycles. The molecule has 8 heteroatoms. The predicted octanol–water partition coefficient (Wildman–Crippen LogP) is 1.00. The maximum atomic E-state index is 12.3. The molecule has 0 spiro atoms. The van der Waals surface area contributed by atoms with Gasteiger partial charge in [0.05, 0.1) is 5.88 Å². The molecule has 0 bridgehead atoms. The van der Waals surface area contributed by atoms with Crippen LogP contribution in [0.4, 0.5) is 5.95 Å². The Hall–Kier alpha value is -1.83. The van der Waals surface area contributed by atoms with Crippen molar-refractivity contribution in [2.45, 2.75) is 26.3 Å². The number of allylic oxidation sites excluding steroid dienone is 1. The minimum absolute atomic E-state index is 0.0884. The molecule has 0 aliphatic carbocycles. The number of carbonyl (C=O) groups is 2. The largest absolute Gasteiger partial charge is 0.317 e. The molecule has 1 aliphatic heterocycles. The van der Waals surface area contributed by atoms with Crippen LogP contribution < -0.4 is 5.32 Å². The van der Waals surface area contributed by atoms with Crippen LogP contribution in [0.2, 0.25) is 0 Å². The average Bonchev–Trinajstić information content (AvgIpc) is 3.08. The minimum atomic E-state index is -0.474. The second-order valence-corrected chi connectivity index (χ2v) is 5.41. The van der Waals surface area contributed by atoms with Crippen molar-refractivity contribution in [3.63, 3.8) is 0 Å². The first-order valence-corrected chi connectivity index (χ1v) is 7.50. The molecule has 2 amide bonds. The summed E-state index contributed by atoms with van der Waals surface area (Å²) in [6.07, 6.45) is 3.99. The standard InChI is InChI=1S/C12H17N5O2S/c1-3-4-8(2)11(19)17-7-20-5-9(17)10(18)15-12-13-6-14-16-12/h4,6,9H,3,5,7H2,1-2H3,(H2,13,14,15,16,18). The van der Waals surface area contributed by atoms with Gasteiger partial charge in [0.25, 0.3) is 5.91 Å². The lowest BCUT2D eigenvalue weighted by Gasteiger charge is -2.22. The van der Waals surface area contributed by atoms with E-state index in [0.717, 1.165) is 6.42 Å². The number of hydrogen-bond acceptors (Lipinski definition) is 5. The van der Waals surface area contributed by atoms with Crippen LogP contribution in [-0.2, 0) is 9.59 Å². The molecule has 0 aromatic carbocycles. The zero-order valence-electron chi connectivity index (χ0n) is 11.4. The number of H-pyrrole nitrogens is 1. The molecular weight excluding hydrogens is 278 g/mol. The van der Waals surface area contributed by atoms with Gasteiger partial charge >= 0.3 is 0 Å². The van der Waals surface area contributed by atoms with E-state index in [1.54, 1.807) is 23.6 Å². The highest BCUT2D eigenvalue weighted by Crippen LogP contribution is 2.23. The highest BCUT2D eigenvalue weighted by atomic mass is 32.2. The van der Waals surface area contributed by atoms with E-state index in [4.69, 9.17) is 0 Å². The van der Waals surface area contributed by atoms with E-state index >= 15 is 0 Å². The van der Waals surface area contributed by atoms with Gasteiger partial charge in [-0.05, 0) is 13.3 Å². The summed E-state index contributed by atoms with van der Waals surface area (Å²) in [5.41, 5.74) is 0.674. The Bertz CT molecular complexity index is 514. The number of amides is 2. The van der Waals surface area contributed by atoms with E-state index in [1.807, 2.05) is 13.0 Å². The van der Waals surface area contributed by atoms with E-state index in [0.29, 0.717) is 23.2 Å². The lowest BCUT2D eigenvalue weighted by Crippen LogP contribution is -2.45. The first kappa shape index (κ1) is 14.6. The monoisotopic (exact) mass is 295 g/mol. The van der Waals surface area contributed by atoms with Crippen molar-refractivity contribution in [1.82, 2.24) is 20.1 Å². The number of aromatic nitrogens is 3. The smallest absolute Gasteiger partial charge is 0.250 e. The normalized spacial score (nSPS) is 19.2. The summed E-state index contributed by atoms with van der Waals surface area (Å²) in [7, 11) is 0. The molecular formula is C12H17N5O2S. The Morgan fingerprint density at radius 1 is 1.65 bits per heavy atom. The molecule has 1 aromatic rings. The molecule has 108 valence electrons. The summed E-state index contributed by atoms with van der Waals surface area (Å²) in [4.78, 5) is 29.9. The molecule has 1 aliphatic rings. The number of hydrogen-bond donors (Lipinski definition) is 2. The van der Waals surface area contributed by atoms with Gasteiger partial charge in [0.1, 0.15) is 12.4 Å². The van der Waals surface area contributed by atoms with Crippen molar-refractivity contribution in [3.05, 3.63) is 18.0 Å². The fourth-order valence-corrected chi connectivity index (χ4v) is 3.10. The third-order valence-corrected chi connectivity index (χ3v) is 3.96. The lowest BCUT2D eigenvalue weighted by molar-refractivity contribution is -0.133. The molecule has 7 nitrogen and oxygen atoms in total. The Morgan fingerprint density at radius 3 is 3.10 bits per heavy atom. The van der Waals surface area contributed by atoms with Crippen LogP contribution in [0.3, 0.4) is 0 Å². The molecule has 2 heterocycles. The highest BCUT2D eigenvalue weighted by molar-refractivity contribution is 7.99. The molecule has 1 aromatic heterocycles. The maximum Gasteiger partial charge on any atom is 0.250 e. The highest BCUT2D eigenvalue weighted by Gasteiger charge is 2.35. The van der Waals surface area contributed by atoms with Crippen molar-refractivity contribution < 1.29 is 9.59 Å². The SMILES string of the molecule is CCC=C(C)C(=O)N1CSCC1C(=O)Nc1ncn[nH]1. The zero-order chi connectivity index (χ0) is 14.5. The summed E-state index contributed by atoms with van der Waals surface area (Å²) in [6, 6.07) is -0.474. The van der Waals surface area contributed by atoms with Crippen LogP contribution in [0, 0.1) is 0 Å². The van der Waals surface area contributed by atoms with Crippen LogP contribution in [-0.4, -0.2) is 49.6 Å². The van der Waals surface area contributed by atoms with Crippen molar-refractivity contribution in [1.29, 1.82) is 0 Å². The van der Waals surface area contributed by atoms with Crippen LogP contribution in [0.5, 0.6) is 0 Å². The van der Waals surface area contributed by atoms with E-state index in [-0.39, 0.29) is 11.8 Å². The second-order valence-electron chi connectivity index (χ2n) is 4.41.